The summed E-state index contributed by atoms with van der Waals surface area (Å²) >= 11 is 6.09. The van der Waals surface area contributed by atoms with Crippen molar-refractivity contribution in [1.29, 1.82) is 0 Å². The first-order chi connectivity index (χ1) is 13.0. The molecule has 0 N–H and O–H groups in total. The first-order valence-electron chi connectivity index (χ1n) is 8.78. The first kappa shape index (κ1) is 17.7. The van der Waals surface area contributed by atoms with Crippen LogP contribution in [0.5, 0.6) is 5.75 Å². The van der Waals surface area contributed by atoms with Gasteiger partial charge in [0.1, 0.15) is 16.9 Å². The number of rotatable bonds is 3. The van der Waals surface area contributed by atoms with Crippen molar-refractivity contribution in [3.63, 3.8) is 0 Å². The average Bonchev–Trinajstić information content (AvgIpc) is 3.08. The topological polar surface area (TPSA) is 85.5 Å². The molecule has 1 aliphatic rings. The van der Waals surface area contributed by atoms with E-state index >= 15 is 0 Å². The minimum absolute atomic E-state index is 0.00883. The molecule has 8 nitrogen and oxygen atoms in total. The number of hydrogen-bond acceptors (Lipinski definition) is 6. The summed E-state index contributed by atoms with van der Waals surface area (Å²) in [6.07, 6.45) is 4.65. The van der Waals surface area contributed by atoms with Crippen LogP contribution in [0.4, 0.5) is 0 Å². The Morgan fingerprint density at radius 1 is 1.26 bits per heavy atom. The van der Waals surface area contributed by atoms with Crippen molar-refractivity contribution < 1.29 is 9.53 Å². The Labute approximate surface area is 161 Å². The van der Waals surface area contributed by atoms with Crippen molar-refractivity contribution in [3.05, 3.63) is 46.8 Å². The van der Waals surface area contributed by atoms with Gasteiger partial charge in [-0.05, 0) is 19.9 Å². The summed E-state index contributed by atoms with van der Waals surface area (Å²) in [6.45, 7) is 4.96. The van der Waals surface area contributed by atoms with Crippen molar-refractivity contribution in [3.8, 4) is 5.75 Å². The molecule has 4 heterocycles. The van der Waals surface area contributed by atoms with Crippen LogP contribution < -0.4 is 4.74 Å². The molecule has 1 saturated heterocycles. The molecule has 3 aromatic rings. The molecule has 0 bridgehead atoms. The predicted molar refractivity (Wildman–Crippen MR) is 99.1 cm³/mol. The quantitative estimate of drug-likeness (QED) is 0.687. The number of nitrogens with zero attached hydrogens (tertiary/aromatic N) is 6. The summed E-state index contributed by atoms with van der Waals surface area (Å²) < 4.78 is 7.54. The highest BCUT2D eigenvalue weighted by atomic mass is 35.5. The lowest BCUT2D eigenvalue weighted by Crippen LogP contribution is -2.42. The van der Waals surface area contributed by atoms with Gasteiger partial charge < -0.3 is 9.64 Å². The van der Waals surface area contributed by atoms with Gasteiger partial charge in [-0.25, -0.2) is 9.50 Å². The number of pyridine rings is 1. The summed E-state index contributed by atoms with van der Waals surface area (Å²) in [5, 5.41) is 4.81. The monoisotopic (exact) mass is 386 g/mol. The summed E-state index contributed by atoms with van der Waals surface area (Å²) in [5.74, 6) is 1.06. The molecule has 0 unspecified atom stereocenters. The van der Waals surface area contributed by atoms with Gasteiger partial charge in [-0.1, -0.05) is 11.6 Å². The Morgan fingerprint density at radius 2 is 2.04 bits per heavy atom. The fraction of sp³-hybridized carbons (Fsp3) is 0.389. The van der Waals surface area contributed by atoms with Gasteiger partial charge >= 0.3 is 0 Å². The SMILES string of the molecule is Cc1cc(C)n2nc(C(=O)N3CCC(Oc4ccncc4Cl)CC3)nc2n1. The van der Waals surface area contributed by atoms with E-state index < -0.39 is 0 Å². The molecule has 0 spiro atoms. The third-order valence-electron chi connectivity index (χ3n) is 4.57. The zero-order valence-electron chi connectivity index (χ0n) is 15.1. The second-order valence-corrected chi connectivity index (χ2v) is 7.01. The molecule has 0 saturated carbocycles. The van der Waals surface area contributed by atoms with Crippen molar-refractivity contribution in [2.75, 3.05) is 13.1 Å². The molecular formula is C18H19ClN6O2. The maximum absolute atomic E-state index is 12.8. The van der Waals surface area contributed by atoms with E-state index in [1.807, 2.05) is 19.9 Å². The fourth-order valence-electron chi connectivity index (χ4n) is 3.21. The zero-order chi connectivity index (χ0) is 19.0. The molecule has 0 aromatic carbocycles. The second kappa shape index (κ2) is 7.11. The number of likely N-dealkylation sites (tertiary alicyclic amines) is 1. The van der Waals surface area contributed by atoms with E-state index in [0.29, 0.717) is 42.5 Å². The van der Waals surface area contributed by atoms with Crippen molar-refractivity contribution in [2.24, 2.45) is 0 Å². The average molecular weight is 387 g/mol. The summed E-state index contributed by atoms with van der Waals surface area (Å²) in [4.78, 5) is 27.1. The van der Waals surface area contributed by atoms with E-state index in [2.05, 4.69) is 20.1 Å². The molecule has 9 heteroatoms. The largest absolute Gasteiger partial charge is 0.489 e. The number of halogens is 1. The number of aromatic nitrogens is 5. The van der Waals surface area contributed by atoms with Crippen LogP contribution in [0.15, 0.2) is 24.5 Å². The highest BCUT2D eigenvalue weighted by molar-refractivity contribution is 6.31. The molecule has 27 heavy (non-hydrogen) atoms. The Kier molecular flexibility index (Phi) is 4.65. The second-order valence-electron chi connectivity index (χ2n) is 6.60. The maximum Gasteiger partial charge on any atom is 0.293 e. The van der Waals surface area contributed by atoms with Gasteiger partial charge in [-0.3, -0.25) is 9.78 Å². The van der Waals surface area contributed by atoms with Gasteiger partial charge in [0, 0.05) is 55.8 Å². The van der Waals surface area contributed by atoms with E-state index in [1.165, 1.54) is 0 Å². The number of fused-ring (bicyclic) bond motifs is 1. The number of carbonyl (C=O) groups excluding carboxylic acids is 1. The maximum atomic E-state index is 12.8. The van der Waals surface area contributed by atoms with E-state index in [4.69, 9.17) is 16.3 Å². The van der Waals surface area contributed by atoms with Crippen molar-refractivity contribution >= 4 is 23.3 Å². The summed E-state index contributed by atoms with van der Waals surface area (Å²) in [5.41, 5.74) is 1.74. The van der Waals surface area contributed by atoms with Crippen LogP contribution in [0, 0.1) is 13.8 Å². The van der Waals surface area contributed by atoms with E-state index in [-0.39, 0.29) is 17.8 Å². The lowest BCUT2D eigenvalue weighted by atomic mass is 10.1. The van der Waals surface area contributed by atoms with Crippen LogP contribution in [0.25, 0.3) is 5.78 Å². The number of piperidine rings is 1. The highest BCUT2D eigenvalue weighted by Crippen LogP contribution is 2.26. The van der Waals surface area contributed by atoms with Crippen LogP contribution in [-0.4, -0.2) is 54.6 Å². The number of amides is 1. The van der Waals surface area contributed by atoms with Gasteiger partial charge in [0.2, 0.25) is 5.82 Å². The molecular weight excluding hydrogens is 368 g/mol. The molecule has 1 aliphatic heterocycles. The van der Waals surface area contributed by atoms with Gasteiger partial charge in [-0.15, -0.1) is 5.10 Å². The predicted octanol–water partition coefficient (Wildman–Crippen LogP) is 2.47. The molecule has 1 amide bonds. The molecule has 140 valence electrons. The minimum atomic E-state index is -0.182. The smallest absolute Gasteiger partial charge is 0.293 e. The Hall–Kier alpha value is -2.74. The fourth-order valence-corrected chi connectivity index (χ4v) is 3.38. The normalized spacial score (nSPS) is 15.3. The Morgan fingerprint density at radius 3 is 2.78 bits per heavy atom. The Bertz CT molecular complexity index is 997. The standard InChI is InChI=1S/C18H19ClN6O2/c1-11-9-12(2)25-18(21-11)22-16(23-25)17(26)24-7-4-13(5-8-24)27-15-3-6-20-10-14(15)19/h3,6,9-10,13H,4-5,7-8H2,1-2H3. The van der Waals surface area contributed by atoms with Gasteiger partial charge in [0.25, 0.3) is 11.7 Å². The third kappa shape index (κ3) is 3.57. The van der Waals surface area contributed by atoms with Crippen LogP contribution in [0.2, 0.25) is 5.02 Å². The number of aryl methyl sites for hydroxylation is 2. The van der Waals surface area contributed by atoms with E-state index in [1.54, 1.807) is 27.9 Å². The van der Waals surface area contributed by atoms with Crippen molar-refractivity contribution in [2.45, 2.75) is 32.8 Å². The minimum Gasteiger partial charge on any atom is -0.489 e. The molecule has 0 radical (unpaired) electrons. The molecule has 1 fully saturated rings. The molecule has 3 aromatic heterocycles. The third-order valence-corrected chi connectivity index (χ3v) is 4.85. The van der Waals surface area contributed by atoms with Gasteiger partial charge in [-0.2, -0.15) is 4.98 Å². The number of ether oxygens (including phenoxy) is 1. The molecule has 0 atom stereocenters. The zero-order valence-corrected chi connectivity index (χ0v) is 15.8. The summed E-state index contributed by atoms with van der Waals surface area (Å²) in [7, 11) is 0. The number of hydrogen-bond donors (Lipinski definition) is 0. The van der Waals surface area contributed by atoms with Gasteiger partial charge in [0.05, 0.1) is 0 Å². The van der Waals surface area contributed by atoms with Crippen LogP contribution in [0.1, 0.15) is 34.8 Å². The highest BCUT2D eigenvalue weighted by Gasteiger charge is 2.27. The molecule has 4 rings (SSSR count). The summed E-state index contributed by atoms with van der Waals surface area (Å²) in [6, 6.07) is 3.65. The first-order valence-corrected chi connectivity index (χ1v) is 9.15. The van der Waals surface area contributed by atoms with Gasteiger partial charge in [0.15, 0.2) is 0 Å². The molecule has 0 aliphatic carbocycles. The van der Waals surface area contributed by atoms with Crippen molar-refractivity contribution in [1.82, 2.24) is 29.5 Å². The van der Waals surface area contributed by atoms with E-state index in [0.717, 1.165) is 11.4 Å². The van der Waals surface area contributed by atoms with Crippen LogP contribution in [-0.2, 0) is 0 Å². The van der Waals surface area contributed by atoms with Crippen LogP contribution >= 0.6 is 11.6 Å². The lowest BCUT2D eigenvalue weighted by molar-refractivity contribution is 0.0584. The van der Waals surface area contributed by atoms with Crippen LogP contribution in [0.3, 0.4) is 0 Å². The Balaban J connectivity index is 1.43. The number of carbonyl (C=O) groups is 1. The lowest BCUT2D eigenvalue weighted by Gasteiger charge is -2.31. The van der Waals surface area contributed by atoms with E-state index in [9.17, 15) is 4.79 Å².